The molecule has 0 unspecified atom stereocenters. The van der Waals surface area contributed by atoms with Crippen LogP contribution in [-0.2, 0) is 32.6 Å². The van der Waals surface area contributed by atoms with E-state index < -0.39 is 28.5 Å². The number of anilines is 1. The Morgan fingerprint density at radius 3 is 2.33 bits per heavy atom. The molecule has 0 bridgehead atoms. The van der Waals surface area contributed by atoms with E-state index in [1.54, 1.807) is 36.4 Å². The van der Waals surface area contributed by atoms with Crippen molar-refractivity contribution in [3.05, 3.63) is 88.9 Å². The van der Waals surface area contributed by atoms with E-state index in [0.29, 0.717) is 16.5 Å². The van der Waals surface area contributed by atoms with Crippen LogP contribution >= 0.6 is 11.6 Å². The van der Waals surface area contributed by atoms with Crippen LogP contribution in [-0.4, -0.2) is 56.8 Å². The summed E-state index contributed by atoms with van der Waals surface area (Å²) < 4.78 is 37.8. The number of nitrogens with zero attached hydrogens (tertiary/aromatic N) is 2. The average Bonchev–Trinajstić information content (AvgIpc) is 3.66. The SMILES string of the molecule is CS(=O)(=O)N(CC(=O)N(Cc1ccc(Cl)cc1)[C@H](Cc1ccccc1)C(=O)NC1CCCC1)c1ccc2c(c1)OCO2. The van der Waals surface area contributed by atoms with Gasteiger partial charge in [0, 0.05) is 30.1 Å². The maximum Gasteiger partial charge on any atom is 0.244 e. The number of hydrogen-bond acceptors (Lipinski definition) is 6. The minimum Gasteiger partial charge on any atom is -0.454 e. The van der Waals surface area contributed by atoms with Crippen molar-refractivity contribution in [1.82, 2.24) is 10.2 Å². The van der Waals surface area contributed by atoms with E-state index in [4.69, 9.17) is 21.1 Å². The Morgan fingerprint density at radius 1 is 0.952 bits per heavy atom. The fourth-order valence-corrected chi connectivity index (χ4v) is 6.33. The number of ether oxygens (including phenoxy) is 2. The molecule has 0 radical (unpaired) electrons. The van der Waals surface area contributed by atoms with Crippen LogP contribution in [0.1, 0.15) is 36.8 Å². The monoisotopic (exact) mass is 611 g/mol. The van der Waals surface area contributed by atoms with Gasteiger partial charge in [-0.05, 0) is 48.2 Å². The summed E-state index contributed by atoms with van der Waals surface area (Å²) >= 11 is 6.12. The third-order valence-electron chi connectivity index (χ3n) is 7.56. The van der Waals surface area contributed by atoms with Crippen LogP contribution in [0.25, 0.3) is 0 Å². The van der Waals surface area contributed by atoms with Gasteiger partial charge in [0.05, 0.1) is 11.9 Å². The Labute approximate surface area is 251 Å². The molecule has 1 heterocycles. The van der Waals surface area contributed by atoms with Crippen molar-refractivity contribution < 1.29 is 27.5 Å². The van der Waals surface area contributed by atoms with Gasteiger partial charge in [0.2, 0.25) is 28.6 Å². The second-order valence-corrected chi connectivity index (χ2v) is 13.0. The number of rotatable bonds is 11. The van der Waals surface area contributed by atoms with E-state index in [1.165, 1.54) is 11.0 Å². The van der Waals surface area contributed by atoms with E-state index in [1.807, 2.05) is 30.3 Å². The van der Waals surface area contributed by atoms with Crippen LogP contribution in [0.4, 0.5) is 5.69 Å². The molecule has 3 aromatic carbocycles. The van der Waals surface area contributed by atoms with Crippen LogP contribution in [0.5, 0.6) is 11.5 Å². The molecule has 2 aliphatic rings. The summed E-state index contributed by atoms with van der Waals surface area (Å²) in [6.07, 6.45) is 5.17. The lowest BCUT2D eigenvalue weighted by Gasteiger charge is -2.34. The molecule has 0 saturated heterocycles. The Bertz CT molecular complexity index is 1510. The Morgan fingerprint density at radius 2 is 1.64 bits per heavy atom. The number of sulfonamides is 1. The first-order chi connectivity index (χ1) is 20.2. The number of amides is 2. The van der Waals surface area contributed by atoms with Gasteiger partial charge in [0.15, 0.2) is 11.5 Å². The highest BCUT2D eigenvalue weighted by Gasteiger charge is 2.34. The summed E-state index contributed by atoms with van der Waals surface area (Å²) in [4.78, 5) is 29.6. The standard InChI is InChI=1S/C31H34ClN3O6S/c1-42(38,39)35(26-15-16-28-29(18-26)41-21-40-28)20-30(36)34(19-23-11-13-24(32)14-12-23)27(17-22-7-3-2-4-8-22)31(37)33-25-9-5-6-10-25/h2-4,7-8,11-16,18,25,27H,5-6,9-10,17,19-21H2,1H3,(H,33,37)/t27-/m1/s1. The number of nitrogens with one attached hydrogen (secondary N) is 1. The third kappa shape index (κ3) is 7.35. The van der Waals surface area contributed by atoms with Gasteiger partial charge in [-0.2, -0.15) is 0 Å². The van der Waals surface area contributed by atoms with Crippen LogP contribution in [0.3, 0.4) is 0 Å². The van der Waals surface area contributed by atoms with Crippen LogP contribution in [0.2, 0.25) is 5.02 Å². The van der Waals surface area contributed by atoms with Gasteiger partial charge in [-0.3, -0.25) is 13.9 Å². The molecule has 222 valence electrons. The second-order valence-electron chi connectivity index (χ2n) is 10.7. The van der Waals surface area contributed by atoms with Crippen molar-refractivity contribution in [2.24, 2.45) is 0 Å². The molecule has 5 rings (SSSR count). The van der Waals surface area contributed by atoms with Gasteiger partial charge < -0.3 is 19.7 Å². The van der Waals surface area contributed by atoms with E-state index >= 15 is 0 Å². The van der Waals surface area contributed by atoms with Crippen molar-refractivity contribution in [1.29, 1.82) is 0 Å². The molecule has 1 fully saturated rings. The van der Waals surface area contributed by atoms with E-state index in [0.717, 1.165) is 47.4 Å². The summed E-state index contributed by atoms with van der Waals surface area (Å²) in [5, 5.41) is 3.70. The van der Waals surface area contributed by atoms with Gasteiger partial charge in [-0.15, -0.1) is 0 Å². The van der Waals surface area contributed by atoms with E-state index in [2.05, 4.69) is 5.32 Å². The predicted molar refractivity (Wildman–Crippen MR) is 161 cm³/mol. The largest absolute Gasteiger partial charge is 0.454 e. The first kappa shape index (κ1) is 29.7. The topological polar surface area (TPSA) is 105 Å². The molecule has 1 aliphatic carbocycles. The number of halogens is 1. The Balaban J connectivity index is 1.50. The highest BCUT2D eigenvalue weighted by Crippen LogP contribution is 2.36. The molecule has 0 aromatic heterocycles. The van der Waals surface area contributed by atoms with E-state index in [-0.39, 0.29) is 37.4 Å². The van der Waals surface area contributed by atoms with Crippen molar-refractivity contribution >= 4 is 39.1 Å². The first-order valence-electron chi connectivity index (χ1n) is 13.9. The van der Waals surface area contributed by atoms with E-state index in [9.17, 15) is 18.0 Å². The fourth-order valence-electron chi connectivity index (χ4n) is 5.36. The summed E-state index contributed by atoms with van der Waals surface area (Å²) in [5.41, 5.74) is 1.90. The van der Waals surface area contributed by atoms with Crippen molar-refractivity contribution in [2.75, 3.05) is 23.9 Å². The van der Waals surface area contributed by atoms with Crippen LogP contribution in [0, 0.1) is 0 Å². The maximum atomic E-state index is 14.2. The molecule has 1 N–H and O–H groups in total. The zero-order valence-corrected chi connectivity index (χ0v) is 24.9. The fraction of sp³-hybridized carbons (Fsp3) is 0.355. The molecule has 11 heteroatoms. The summed E-state index contributed by atoms with van der Waals surface area (Å²) in [7, 11) is -3.89. The van der Waals surface area contributed by atoms with Crippen LogP contribution < -0.4 is 19.1 Å². The van der Waals surface area contributed by atoms with Crippen LogP contribution in [0.15, 0.2) is 72.8 Å². The minimum atomic E-state index is -3.89. The van der Waals surface area contributed by atoms with Gasteiger partial charge in [-0.25, -0.2) is 8.42 Å². The number of benzene rings is 3. The highest BCUT2D eigenvalue weighted by molar-refractivity contribution is 7.92. The molecule has 42 heavy (non-hydrogen) atoms. The number of carbonyl (C=O) groups excluding carboxylic acids is 2. The highest BCUT2D eigenvalue weighted by atomic mass is 35.5. The third-order valence-corrected chi connectivity index (χ3v) is 8.95. The van der Waals surface area contributed by atoms with Gasteiger partial charge in [-0.1, -0.05) is 66.9 Å². The normalized spacial score (nSPS) is 15.3. The lowest BCUT2D eigenvalue weighted by Crippen LogP contribution is -2.54. The van der Waals surface area contributed by atoms with Gasteiger partial charge in [0.1, 0.15) is 12.6 Å². The summed E-state index contributed by atoms with van der Waals surface area (Å²) in [5.74, 6) is 0.108. The molecule has 0 spiro atoms. The predicted octanol–water partition coefficient (Wildman–Crippen LogP) is 4.53. The van der Waals surface area contributed by atoms with Crippen molar-refractivity contribution in [2.45, 2.75) is 50.7 Å². The first-order valence-corrected chi connectivity index (χ1v) is 16.2. The molecule has 1 aliphatic heterocycles. The second kappa shape index (κ2) is 13.0. The lowest BCUT2D eigenvalue weighted by molar-refractivity contribution is -0.140. The number of fused-ring (bicyclic) bond motifs is 1. The van der Waals surface area contributed by atoms with Gasteiger partial charge in [0.25, 0.3) is 0 Å². The summed E-state index contributed by atoms with van der Waals surface area (Å²) in [6.45, 7) is -0.388. The van der Waals surface area contributed by atoms with Gasteiger partial charge >= 0.3 is 0 Å². The molecule has 3 aromatic rings. The molecular formula is C31H34ClN3O6S. The zero-order valence-electron chi connectivity index (χ0n) is 23.4. The summed E-state index contributed by atoms with van der Waals surface area (Å²) in [6, 6.07) is 20.4. The Kier molecular flexibility index (Phi) is 9.23. The molecular weight excluding hydrogens is 578 g/mol. The Hall–Kier alpha value is -3.76. The maximum absolute atomic E-state index is 14.2. The molecule has 2 amide bonds. The molecule has 9 nitrogen and oxygen atoms in total. The average molecular weight is 612 g/mol. The number of carbonyl (C=O) groups is 2. The van der Waals surface area contributed by atoms with Crippen molar-refractivity contribution in [3.8, 4) is 11.5 Å². The lowest BCUT2D eigenvalue weighted by atomic mass is 10.0. The molecule has 1 saturated carbocycles. The molecule has 1 atom stereocenters. The number of hydrogen-bond donors (Lipinski definition) is 1. The zero-order chi connectivity index (χ0) is 29.7. The smallest absolute Gasteiger partial charge is 0.244 e. The minimum absolute atomic E-state index is 0.0305. The van der Waals surface area contributed by atoms with Crippen molar-refractivity contribution in [3.63, 3.8) is 0 Å². The quantitative estimate of drug-likeness (QED) is 0.342.